The molecular formula is C63H95Cl2NO32. The second-order valence-electron chi connectivity index (χ2n) is 28.0. The first kappa shape index (κ1) is 75.5. The van der Waals surface area contributed by atoms with Gasteiger partial charge in [0.15, 0.2) is 55.7 Å². The Hall–Kier alpha value is -2.13. The van der Waals surface area contributed by atoms with Gasteiger partial charge in [0.2, 0.25) is 0 Å². The van der Waals surface area contributed by atoms with E-state index in [4.69, 9.17) is 137 Å². The van der Waals surface area contributed by atoms with Crippen LogP contribution >= 0.6 is 23.2 Å². The van der Waals surface area contributed by atoms with E-state index in [2.05, 4.69) is 0 Å². The summed E-state index contributed by atoms with van der Waals surface area (Å²) in [5.41, 5.74) is -3.76. The molecule has 11 saturated heterocycles. The fourth-order valence-corrected chi connectivity index (χ4v) is 16.1. The first-order chi connectivity index (χ1) is 46.4. The number of esters is 1. The van der Waals surface area contributed by atoms with Crippen molar-refractivity contribution in [1.29, 1.82) is 0 Å². The molecule has 0 saturated carbocycles. The van der Waals surface area contributed by atoms with Gasteiger partial charge in [-0.05, 0) is 73.9 Å². The van der Waals surface area contributed by atoms with Crippen LogP contribution in [0.2, 0.25) is 10.0 Å². The van der Waals surface area contributed by atoms with Crippen LogP contribution in [0.5, 0.6) is 5.75 Å². The third kappa shape index (κ3) is 14.4. The van der Waals surface area contributed by atoms with Crippen LogP contribution < -0.4 is 5.23 Å². The number of rotatable bonds is 19. The number of aliphatic hydroxyl groups excluding tert-OH is 3. The molecule has 0 aromatic heterocycles. The number of ether oxygens (including phenoxy) is 24. The van der Waals surface area contributed by atoms with Crippen LogP contribution in [0.4, 0.5) is 0 Å². The number of quaternary nitrogens is 1. The van der Waals surface area contributed by atoms with Crippen molar-refractivity contribution in [2.75, 3.05) is 55.1 Å². The summed E-state index contributed by atoms with van der Waals surface area (Å²) in [5.74, 6) is -4.86. The zero-order valence-corrected chi connectivity index (χ0v) is 58.4. The minimum atomic E-state index is -1.81. The average Bonchev–Trinajstić information content (AvgIpc) is 1.54. The van der Waals surface area contributed by atoms with Crippen LogP contribution in [-0.4, -0.2) is 292 Å². The molecular weight excluding hydrogens is 1350 g/mol. The predicted octanol–water partition coefficient (Wildman–Crippen LogP) is 1.00. The molecule has 34 atom stereocenters. The summed E-state index contributed by atoms with van der Waals surface area (Å²) in [5, 5.41) is 79.6. The number of nitrogens with one attached hydrogen (secondary N) is 1. The molecule has 33 nitrogen and oxygen atoms in total. The highest BCUT2D eigenvalue weighted by atomic mass is 35.5. The van der Waals surface area contributed by atoms with Crippen molar-refractivity contribution in [3.05, 3.63) is 32.4 Å². The number of phenols is 1. The predicted molar refractivity (Wildman–Crippen MR) is 324 cm³/mol. The number of hydroxylamine groups is 2. The molecule has 2 spiro atoms. The lowest BCUT2D eigenvalue weighted by Crippen LogP contribution is -3.14. The molecule has 11 fully saturated rings. The van der Waals surface area contributed by atoms with E-state index < -0.39 is 218 Å². The molecule has 11 aliphatic rings. The fourth-order valence-electron chi connectivity index (χ4n) is 15.7. The van der Waals surface area contributed by atoms with Gasteiger partial charge in [-0.3, -0.25) is 0 Å². The number of phenolic OH excluding ortho intramolecular Hbond substituents is 1. The van der Waals surface area contributed by atoms with E-state index in [1.165, 1.54) is 41.4 Å². The van der Waals surface area contributed by atoms with Crippen LogP contribution in [0, 0.1) is 12.1 Å². The molecule has 35 heteroatoms. The van der Waals surface area contributed by atoms with E-state index in [0.717, 1.165) is 0 Å². The van der Waals surface area contributed by atoms with E-state index >= 15 is 0 Å². The number of methoxy groups -OCH3 is 4. The molecule has 0 bridgehead atoms. The Labute approximate surface area is 576 Å². The van der Waals surface area contributed by atoms with Crippen LogP contribution in [0.3, 0.4) is 0 Å². The molecule has 11 aliphatic heterocycles. The highest BCUT2D eigenvalue weighted by Gasteiger charge is 2.71. The first-order valence-electron chi connectivity index (χ1n) is 33.3. The lowest BCUT2D eigenvalue weighted by Gasteiger charge is -2.48. The number of aromatic hydroxyl groups is 1. The molecule has 98 heavy (non-hydrogen) atoms. The van der Waals surface area contributed by atoms with Crippen LogP contribution in [0.15, 0.2) is 6.07 Å². The zero-order valence-electron chi connectivity index (χ0n) is 56.9. The summed E-state index contributed by atoms with van der Waals surface area (Å²) in [4.78, 5) is 13.9. The number of fused-ring (bicyclic) bond motifs is 4. The van der Waals surface area contributed by atoms with Gasteiger partial charge >= 0.3 is 11.9 Å². The highest BCUT2D eigenvalue weighted by Crippen LogP contribution is 2.52. The quantitative estimate of drug-likeness (QED) is 0.0750. The Kier molecular flexibility index (Phi) is 22.9. The second-order valence-corrected chi connectivity index (χ2v) is 28.8. The molecule has 0 aliphatic carbocycles. The van der Waals surface area contributed by atoms with Gasteiger partial charge in [0.25, 0.3) is 5.97 Å². The fraction of sp³-hybridized carbons (Fsp3) is 0.889. The van der Waals surface area contributed by atoms with Gasteiger partial charge in [-0.25, -0.2) is 15.2 Å². The Bertz CT molecular complexity index is 2900. The monoisotopic (exact) mass is 1450 g/mol. The summed E-state index contributed by atoms with van der Waals surface area (Å²) in [6, 6.07) is 1.24. The number of carbonyl (C=O) groups excluding carboxylic acids is 1. The van der Waals surface area contributed by atoms with Crippen LogP contribution in [0.1, 0.15) is 110 Å². The maximum atomic E-state index is 13.9. The number of benzene rings is 1. The van der Waals surface area contributed by atoms with Gasteiger partial charge in [0.1, 0.15) is 96.8 Å². The summed E-state index contributed by atoms with van der Waals surface area (Å²) in [7, 11) is 5.69. The lowest BCUT2D eigenvalue weighted by atomic mass is 9.85. The summed E-state index contributed by atoms with van der Waals surface area (Å²) >= 11 is 12.5. The van der Waals surface area contributed by atoms with E-state index in [1.54, 1.807) is 48.5 Å². The van der Waals surface area contributed by atoms with Crippen molar-refractivity contribution in [1.82, 2.24) is 0 Å². The number of halogens is 2. The van der Waals surface area contributed by atoms with Gasteiger partial charge in [-0.15, -0.1) is 0 Å². The molecule has 1 aromatic rings. The Balaban J connectivity index is 0.666. The van der Waals surface area contributed by atoms with Gasteiger partial charge < -0.3 is 144 Å². The first-order valence-corrected chi connectivity index (χ1v) is 34.1. The average molecular weight is 1450 g/mol. The van der Waals surface area contributed by atoms with Crippen molar-refractivity contribution in [2.24, 2.45) is 0 Å². The molecule has 11 heterocycles. The molecule has 0 amide bonds. The van der Waals surface area contributed by atoms with Gasteiger partial charge in [0, 0.05) is 54.1 Å². The Morgan fingerprint density at radius 1 is 0.714 bits per heavy atom. The van der Waals surface area contributed by atoms with Gasteiger partial charge in [-0.1, -0.05) is 23.2 Å². The normalized spacial score (nSPS) is 49.5. The molecule has 1 aromatic carbocycles. The summed E-state index contributed by atoms with van der Waals surface area (Å²) < 4.78 is 150. The van der Waals surface area contributed by atoms with Crippen molar-refractivity contribution in [3.63, 3.8) is 0 Å². The van der Waals surface area contributed by atoms with Crippen molar-refractivity contribution in [2.45, 2.75) is 302 Å². The minimum Gasteiger partial charge on any atom is -0.600 e. The number of hydrogen-bond acceptors (Lipinski definition) is 32. The maximum absolute atomic E-state index is 13.9. The standard InChI is InChI=1S/C63H95Cl2NO32/c1-25-14-35(44(69)56(84-25)92-48-37(21-75-10)89-58(50(77-12)45(48)70)93-57-51(78-13)49-38(22-79-57)95-63(96-49)54-53(80-24-81-54)61(72,23-82-63)31(7)76-11)87-41-20-60(9)52(30(6)86-41)97-62(98-60)18-34(67)46(29(5)94-62)90-39-16-36(88-40-19-59(8,66(73)74)17-26(2)83-40)47(28(4)85-39)91-55(71)32-15-33(64)43(68)42(65)27(32)3/h15,25-26,28-31,34-41,44-54,56-58,66-70,72-73H,14,16-24H2,1-13H3. The second kappa shape index (κ2) is 29.7. The van der Waals surface area contributed by atoms with Crippen LogP contribution in [-0.2, 0) is 114 Å². The number of carbonyl (C=O) groups is 1. The van der Waals surface area contributed by atoms with Crippen LogP contribution in [0.25, 0.3) is 0 Å². The van der Waals surface area contributed by atoms with Crippen molar-refractivity contribution < 1.29 is 154 Å². The third-order valence-electron chi connectivity index (χ3n) is 20.9. The Morgan fingerprint density at radius 3 is 2.13 bits per heavy atom. The van der Waals surface area contributed by atoms with E-state index in [9.17, 15) is 40.7 Å². The van der Waals surface area contributed by atoms with Gasteiger partial charge in [-0.2, -0.15) is 0 Å². The van der Waals surface area contributed by atoms with Crippen molar-refractivity contribution in [3.8, 4) is 5.75 Å². The number of aliphatic hydroxyl groups is 4. The number of hydrogen-bond donors (Lipinski definition) is 7. The largest absolute Gasteiger partial charge is 0.600 e. The molecule has 558 valence electrons. The lowest BCUT2D eigenvalue weighted by molar-refractivity contribution is -1.09. The topological polar surface area (TPSA) is 387 Å². The summed E-state index contributed by atoms with van der Waals surface area (Å²) in [6.07, 6.45) is -28.5. The van der Waals surface area contributed by atoms with E-state index in [0.29, 0.717) is 0 Å². The molecule has 12 rings (SSSR count). The minimum absolute atomic E-state index is 0.0221. The third-order valence-corrected chi connectivity index (χ3v) is 21.6. The smallest absolute Gasteiger partial charge is 0.338 e. The van der Waals surface area contributed by atoms with E-state index in [-0.39, 0.29) is 86.3 Å². The van der Waals surface area contributed by atoms with E-state index in [1.807, 2.05) is 6.92 Å². The maximum Gasteiger partial charge on any atom is 0.338 e. The molecule has 7 N–H and O–H groups in total. The Morgan fingerprint density at radius 2 is 1.43 bits per heavy atom. The van der Waals surface area contributed by atoms with Crippen molar-refractivity contribution >= 4 is 29.2 Å². The highest BCUT2D eigenvalue weighted by molar-refractivity contribution is 6.38. The molecule has 34 unspecified atom stereocenters. The zero-order chi connectivity index (χ0) is 70.5. The SMILES string of the molecule is COCC1OC(OC2OCC3OC4(OCC(O)(C(C)OC)C5OCOC54)OC3C2OC)C(OC)C(O)C1OC1OC(C)CC(OC2CC3(C)OC4(CC(O)C(OC5CC(OC6CC(C)([NH+]([O-])O)CC(C)O6)C(OC(=O)c6cc(Cl)c(O)c(Cl)c6C)C(C)O5)C(C)O4)OC3C(C)O2)C1O. The molecule has 0 radical (unpaired) electrons. The summed E-state index contributed by atoms with van der Waals surface area (Å²) in [6.45, 7) is 14.6. The van der Waals surface area contributed by atoms with Gasteiger partial charge in [0.05, 0.1) is 97.1 Å².